The van der Waals surface area contributed by atoms with Gasteiger partial charge in [0.1, 0.15) is 6.04 Å². The van der Waals surface area contributed by atoms with E-state index in [4.69, 9.17) is 4.74 Å². The van der Waals surface area contributed by atoms with Crippen LogP contribution in [0, 0.1) is 0 Å². The van der Waals surface area contributed by atoms with E-state index in [2.05, 4.69) is 0 Å². The van der Waals surface area contributed by atoms with Gasteiger partial charge in [0.2, 0.25) is 0 Å². The molecule has 1 aromatic rings. The van der Waals surface area contributed by atoms with Crippen LogP contribution in [0.4, 0.5) is 0 Å². The number of methoxy groups -OCH3 is 1. The molecule has 0 unspecified atom stereocenters. The fourth-order valence-electron chi connectivity index (χ4n) is 2.31. The van der Waals surface area contributed by atoms with Gasteiger partial charge in [-0.1, -0.05) is 6.07 Å². The van der Waals surface area contributed by atoms with Gasteiger partial charge in [-0.05, 0) is 30.2 Å². The van der Waals surface area contributed by atoms with Gasteiger partial charge < -0.3 is 14.8 Å². The number of likely N-dealkylation sites (tertiary alicyclic amines) is 1. The fourth-order valence-corrected chi connectivity index (χ4v) is 3.24. The van der Waals surface area contributed by atoms with E-state index in [9.17, 15) is 14.8 Å². The molecule has 0 aromatic carbocycles. The summed E-state index contributed by atoms with van der Waals surface area (Å²) in [7, 11) is -0.0576. The van der Waals surface area contributed by atoms with Crippen molar-refractivity contribution in [1.82, 2.24) is 4.90 Å². The van der Waals surface area contributed by atoms with Crippen molar-refractivity contribution in [3.63, 3.8) is 0 Å². The third kappa shape index (κ3) is 2.75. The molecule has 2 N–H and O–H groups in total. The lowest BCUT2D eigenvalue weighted by Gasteiger charge is -2.22. The van der Waals surface area contributed by atoms with Crippen LogP contribution in [0.3, 0.4) is 0 Å². The van der Waals surface area contributed by atoms with Crippen molar-refractivity contribution in [3.05, 3.63) is 16.3 Å². The zero-order chi connectivity index (χ0) is 13.1. The van der Waals surface area contributed by atoms with E-state index in [-0.39, 0.29) is 12.0 Å². The summed E-state index contributed by atoms with van der Waals surface area (Å²) in [5.41, 5.74) is 0.524. The number of rotatable bonds is 4. The van der Waals surface area contributed by atoms with E-state index in [0.717, 1.165) is 24.3 Å². The third-order valence-electron chi connectivity index (χ3n) is 3.24. The lowest BCUT2D eigenvalue weighted by molar-refractivity contribution is -0.146. The van der Waals surface area contributed by atoms with Crippen LogP contribution in [-0.4, -0.2) is 47.7 Å². The van der Waals surface area contributed by atoms with Gasteiger partial charge in [0.25, 0.3) is 0 Å². The molecule has 0 saturated carbocycles. The molecule has 0 bridgehead atoms. The number of nitrogens with zero attached hydrogens (tertiary/aromatic N) is 1. The van der Waals surface area contributed by atoms with Crippen molar-refractivity contribution >= 4 is 29.9 Å². The van der Waals surface area contributed by atoms with Crippen LogP contribution in [-0.2, 0) is 16.1 Å². The van der Waals surface area contributed by atoms with Gasteiger partial charge in [-0.2, -0.15) is 0 Å². The first-order valence-corrected chi connectivity index (χ1v) is 6.75. The molecule has 2 heterocycles. The number of ether oxygens (including phenoxy) is 1. The minimum absolute atomic E-state index is 0.208. The minimum Gasteiger partial charge on any atom is -0.468 e. The van der Waals surface area contributed by atoms with Crippen molar-refractivity contribution in [1.29, 1.82) is 0 Å². The molecular formula is C11H16BNO4S. The predicted octanol–water partition coefficient (Wildman–Crippen LogP) is -0.435. The Hall–Kier alpha value is -0.885. The Bertz CT molecular complexity index is 423. The average molecular weight is 269 g/mol. The van der Waals surface area contributed by atoms with Crippen molar-refractivity contribution in [3.8, 4) is 0 Å². The number of thiophene rings is 1. The highest BCUT2D eigenvalue weighted by molar-refractivity contribution is 7.11. The van der Waals surface area contributed by atoms with Gasteiger partial charge in [0.05, 0.1) is 7.11 Å². The van der Waals surface area contributed by atoms with Crippen LogP contribution in [0.5, 0.6) is 0 Å². The molecule has 98 valence electrons. The first-order valence-electron chi connectivity index (χ1n) is 5.87. The molecule has 7 heteroatoms. The maximum atomic E-state index is 11.6. The summed E-state index contributed by atoms with van der Waals surface area (Å²) in [6.45, 7) is 1.39. The number of carbonyl (C=O) groups is 1. The fraction of sp³-hybridized carbons (Fsp3) is 0.545. The van der Waals surface area contributed by atoms with Crippen LogP contribution in [0.2, 0.25) is 0 Å². The zero-order valence-corrected chi connectivity index (χ0v) is 11.0. The predicted molar refractivity (Wildman–Crippen MR) is 69.6 cm³/mol. The smallest absolute Gasteiger partial charge is 0.468 e. The van der Waals surface area contributed by atoms with Crippen LogP contribution in [0.25, 0.3) is 0 Å². The highest BCUT2D eigenvalue weighted by atomic mass is 32.1. The van der Waals surface area contributed by atoms with Crippen molar-refractivity contribution in [2.24, 2.45) is 0 Å². The Morgan fingerprint density at radius 1 is 1.67 bits per heavy atom. The molecule has 1 aliphatic rings. The summed E-state index contributed by atoms with van der Waals surface area (Å²) in [5.74, 6) is -0.213. The van der Waals surface area contributed by atoms with E-state index in [1.165, 1.54) is 18.4 Å². The maximum absolute atomic E-state index is 11.6. The lowest BCUT2D eigenvalue weighted by Crippen LogP contribution is -2.39. The average Bonchev–Trinajstić information content (AvgIpc) is 2.97. The van der Waals surface area contributed by atoms with E-state index in [1.54, 1.807) is 6.07 Å². The molecule has 0 spiro atoms. The first kappa shape index (κ1) is 13.5. The van der Waals surface area contributed by atoms with E-state index in [1.807, 2.05) is 10.3 Å². The molecule has 1 atom stereocenters. The molecule has 1 aliphatic heterocycles. The lowest BCUT2D eigenvalue weighted by atomic mass is 9.80. The molecule has 0 radical (unpaired) electrons. The summed E-state index contributed by atoms with van der Waals surface area (Å²) < 4.78 is 4.79. The normalized spacial score (nSPS) is 20.1. The molecular weight excluding hydrogens is 253 g/mol. The Kier molecular flexibility index (Phi) is 4.39. The third-order valence-corrected chi connectivity index (χ3v) is 4.16. The molecule has 0 amide bonds. The van der Waals surface area contributed by atoms with Crippen LogP contribution < -0.4 is 5.46 Å². The highest BCUT2D eigenvalue weighted by Crippen LogP contribution is 2.22. The molecule has 18 heavy (non-hydrogen) atoms. The van der Waals surface area contributed by atoms with Crippen molar-refractivity contribution in [2.45, 2.75) is 25.4 Å². The van der Waals surface area contributed by atoms with Crippen molar-refractivity contribution < 1.29 is 19.6 Å². The summed E-state index contributed by atoms with van der Waals surface area (Å²) in [5, 5.41) is 20.3. The monoisotopic (exact) mass is 269 g/mol. The van der Waals surface area contributed by atoms with Gasteiger partial charge >= 0.3 is 13.1 Å². The zero-order valence-electron chi connectivity index (χ0n) is 10.2. The number of hydrogen-bond acceptors (Lipinski definition) is 6. The van der Waals surface area contributed by atoms with Gasteiger partial charge in [-0.3, -0.25) is 9.69 Å². The molecule has 2 rings (SSSR count). The Morgan fingerprint density at radius 3 is 3.11 bits per heavy atom. The topological polar surface area (TPSA) is 70.0 Å². The Labute approximate surface area is 110 Å². The SMILES string of the molecule is COC(=O)[C@@H]1CCCN1Cc1sccc1B(O)O. The summed E-state index contributed by atoms with van der Waals surface area (Å²) in [6.07, 6.45) is 1.76. The Morgan fingerprint density at radius 2 is 2.44 bits per heavy atom. The Balaban J connectivity index is 2.08. The number of carbonyl (C=O) groups excluding carboxylic acids is 1. The second-order valence-corrected chi connectivity index (χ2v) is 5.33. The highest BCUT2D eigenvalue weighted by Gasteiger charge is 2.32. The van der Waals surface area contributed by atoms with E-state index < -0.39 is 7.12 Å². The van der Waals surface area contributed by atoms with Crippen LogP contribution in [0.1, 0.15) is 17.7 Å². The van der Waals surface area contributed by atoms with Gasteiger partial charge in [-0.15, -0.1) is 11.3 Å². The number of esters is 1. The van der Waals surface area contributed by atoms with E-state index >= 15 is 0 Å². The van der Waals surface area contributed by atoms with Gasteiger partial charge in [0.15, 0.2) is 0 Å². The van der Waals surface area contributed by atoms with E-state index in [0.29, 0.717) is 12.0 Å². The molecule has 0 aliphatic carbocycles. The molecule has 1 aromatic heterocycles. The largest absolute Gasteiger partial charge is 0.489 e. The van der Waals surface area contributed by atoms with Crippen molar-refractivity contribution in [2.75, 3.05) is 13.7 Å². The van der Waals surface area contributed by atoms with Crippen LogP contribution >= 0.6 is 11.3 Å². The first-order chi connectivity index (χ1) is 8.63. The minimum atomic E-state index is -1.45. The molecule has 5 nitrogen and oxygen atoms in total. The summed E-state index contributed by atoms with van der Waals surface area (Å²) >= 11 is 1.47. The standard InChI is InChI=1S/C11H16BNO4S/c1-17-11(14)9-3-2-5-13(9)7-10-8(12(15)16)4-6-18-10/h4,6,9,15-16H,2-3,5,7H2,1H3/t9-/m0/s1. The van der Waals surface area contributed by atoms with Gasteiger partial charge in [-0.25, -0.2) is 0 Å². The molecule has 1 fully saturated rings. The van der Waals surface area contributed by atoms with Crippen LogP contribution in [0.15, 0.2) is 11.4 Å². The number of hydrogen-bond donors (Lipinski definition) is 2. The summed E-state index contributed by atoms with van der Waals surface area (Å²) in [6, 6.07) is 1.49. The maximum Gasteiger partial charge on any atom is 0.489 e. The second kappa shape index (κ2) is 5.84. The summed E-state index contributed by atoms with van der Waals surface area (Å²) in [4.78, 5) is 14.5. The van der Waals surface area contributed by atoms with Gasteiger partial charge in [0, 0.05) is 11.4 Å². The molecule has 1 saturated heterocycles. The second-order valence-electron chi connectivity index (χ2n) is 4.32. The quantitative estimate of drug-likeness (QED) is 0.573.